The second-order valence-electron chi connectivity index (χ2n) is 4.72. The molecular weight excluding hydrogens is 304 g/mol. The third-order valence-corrected chi connectivity index (χ3v) is 3.48. The Bertz CT molecular complexity index is 652. The lowest BCUT2D eigenvalue weighted by atomic mass is 9.95. The number of carbonyl (C=O) groups excluding carboxylic acids is 1. The highest BCUT2D eigenvalue weighted by molar-refractivity contribution is 7.80. The Morgan fingerprint density at radius 1 is 1.32 bits per heavy atom. The van der Waals surface area contributed by atoms with Gasteiger partial charge in [-0.3, -0.25) is 0 Å². The van der Waals surface area contributed by atoms with E-state index >= 15 is 0 Å². The zero-order valence-electron chi connectivity index (χ0n) is 12.2. The molecule has 3 N–H and O–H groups in total. The SMILES string of the molecule is CCOC(=O)C1=C(C)NC(=S)NC1c1ccc(C(=O)O)cc1. The second-order valence-corrected chi connectivity index (χ2v) is 5.13. The summed E-state index contributed by atoms with van der Waals surface area (Å²) in [6, 6.07) is 5.81. The molecular formula is C15H16N2O4S. The number of hydrogen-bond donors (Lipinski definition) is 3. The number of esters is 1. The van der Waals surface area contributed by atoms with Crippen molar-refractivity contribution >= 4 is 29.3 Å². The molecule has 22 heavy (non-hydrogen) atoms. The molecule has 1 atom stereocenters. The molecule has 6 nitrogen and oxygen atoms in total. The van der Waals surface area contributed by atoms with E-state index in [9.17, 15) is 9.59 Å². The zero-order valence-corrected chi connectivity index (χ0v) is 13.0. The maximum absolute atomic E-state index is 12.2. The van der Waals surface area contributed by atoms with Gasteiger partial charge in [0.1, 0.15) is 0 Å². The fourth-order valence-corrected chi connectivity index (χ4v) is 2.51. The van der Waals surface area contributed by atoms with Crippen LogP contribution in [0.5, 0.6) is 0 Å². The minimum absolute atomic E-state index is 0.179. The van der Waals surface area contributed by atoms with Gasteiger partial charge in [-0.1, -0.05) is 12.1 Å². The van der Waals surface area contributed by atoms with Gasteiger partial charge in [0.25, 0.3) is 0 Å². The number of carboxylic acids is 1. The molecule has 0 fully saturated rings. The fourth-order valence-electron chi connectivity index (χ4n) is 2.24. The molecule has 0 saturated carbocycles. The minimum Gasteiger partial charge on any atom is -0.478 e. The maximum atomic E-state index is 12.2. The van der Waals surface area contributed by atoms with Crippen molar-refractivity contribution in [2.75, 3.05) is 6.61 Å². The van der Waals surface area contributed by atoms with Gasteiger partial charge in [0.15, 0.2) is 5.11 Å². The lowest BCUT2D eigenvalue weighted by Gasteiger charge is -2.29. The second kappa shape index (κ2) is 6.57. The first-order valence-electron chi connectivity index (χ1n) is 6.72. The summed E-state index contributed by atoms with van der Waals surface area (Å²) < 4.78 is 5.09. The van der Waals surface area contributed by atoms with Crippen LogP contribution in [0, 0.1) is 0 Å². The van der Waals surface area contributed by atoms with E-state index in [0.29, 0.717) is 16.4 Å². The monoisotopic (exact) mass is 320 g/mol. The number of allylic oxidation sites excluding steroid dienone is 1. The van der Waals surface area contributed by atoms with E-state index < -0.39 is 18.0 Å². The van der Waals surface area contributed by atoms with E-state index in [0.717, 1.165) is 5.56 Å². The fraction of sp³-hybridized carbons (Fsp3) is 0.267. The third-order valence-electron chi connectivity index (χ3n) is 3.26. The van der Waals surface area contributed by atoms with Crippen LogP contribution in [0.15, 0.2) is 35.5 Å². The number of benzene rings is 1. The topological polar surface area (TPSA) is 87.7 Å². The van der Waals surface area contributed by atoms with Crippen molar-refractivity contribution in [1.82, 2.24) is 10.6 Å². The molecule has 0 amide bonds. The van der Waals surface area contributed by atoms with Gasteiger partial charge in [-0.25, -0.2) is 9.59 Å². The summed E-state index contributed by atoms with van der Waals surface area (Å²) in [4.78, 5) is 23.1. The Kier molecular flexibility index (Phi) is 4.77. The van der Waals surface area contributed by atoms with Gasteiger partial charge in [-0.05, 0) is 43.8 Å². The van der Waals surface area contributed by atoms with Crippen LogP contribution in [0.25, 0.3) is 0 Å². The molecule has 1 aliphatic rings. The average molecular weight is 320 g/mol. The van der Waals surface area contributed by atoms with Crippen LogP contribution in [0.1, 0.15) is 35.8 Å². The number of carbonyl (C=O) groups is 2. The first kappa shape index (κ1) is 16.0. The van der Waals surface area contributed by atoms with Crippen LogP contribution < -0.4 is 10.6 Å². The van der Waals surface area contributed by atoms with Crippen molar-refractivity contribution in [3.63, 3.8) is 0 Å². The highest BCUT2D eigenvalue weighted by Gasteiger charge is 2.30. The van der Waals surface area contributed by atoms with Gasteiger partial charge in [0.05, 0.1) is 23.8 Å². The van der Waals surface area contributed by atoms with E-state index in [1.807, 2.05) is 0 Å². The molecule has 1 unspecified atom stereocenters. The molecule has 0 saturated heterocycles. The zero-order chi connectivity index (χ0) is 16.3. The van der Waals surface area contributed by atoms with E-state index in [-0.39, 0.29) is 12.2 Å². The molecule has 1 aromatic carbocycles. The van der Waals surface area contributed by atoms with Gasteiger partial charge in [0, 0.05) is 5.70 Å². The molecule has 2 rings (SSSR count). The number of carboxylic acid groups (broad SMARTS) is 1. The predicted molar refractivity (Wildman–Crippen MR) is 84.3 cm³/mol. The smallest absolute Gasteiger partial charge is 0.338 e. The largest absolute Gasteiger partial charge is 0.478 e. The first-order valence-corrected chi connectivity index (χ1v) is 7.13. The Hall–Kier alpha value is -2.41. The van der Waals surface area contributed by atoms with Gasteiger partial charge < -0.3 is 20.5 Å². The third kappa shape index (κ3) is 3.25. The molecule has 0 aliphatic carbocycles. The quantitative estimate of drug-likeness (QED) is 0.575. The molecule has 116 valence electrons. The Balaban J connectivity index is 2.40. The molecule has 1 heterocycles. The van der Waals surface area contributed by atoms with E-state index in [2.05, 4.69) is 10.6 Å². The normalized spacial score (nSPS) is 17.5. The van der Waals surface area contributed by atoms with E-state index in [1.165, 1.54) is 12.1 Å². The van der Waals surface area contributed by atoms with Crippen molar-refractivity contribution in [3.8, 4) is 0 Å². The van der Waals surface area contributed by atoms with E-state index in [1.54, 1.807) is 26.0 Å². The van der Waals surface area contributed by atoms with Gasteiger partial charge in [0.2, 0.25) is 0 Å². The molecule has 1 aromatic rings. The Morgan fingerprint density at radius 3 is 2.50 bits per heavy atom. The van der Waals surface area contributed by atoms with Crippen molar-refractivity contribution in [3.05, 3.63) is 46.7 Å². The highest BCUT2D eigenvalue weighted by atomic mass is 32.1. The van der Waals surface area contributed by atoms with Crippen LogP contribution in [0.3, 0.4) is 0 Å². The summed E-state index contributed by atoms with van der Waals surface area (Å²) >= 11 is 5.13. The maximum Gasteiger partial charge on any atom is 0.338 e. The number of hydrogen-bond acceptors (Lipinski definition) is 4. The van der Waals surface area contributed by atoms with Crippen LogP contribution >= 0.6 is 12.2 Å². The summed E-state index contributed by atoms with van der Waals surface area (Å²) in [5.41, 5.74) is 1.96. The molecule has 7 heteroatoms. The summed E-state index contributed by atoms with van der Waals surface area (Å²) in [6.45, 7) is 3.75. The predicted octanol–water partition coefficient (Wildman–Crippen LogP) is 1.74. The molecule has 0 bridgehead atoms. The summed E-state index contributed by atoms with van der Waals surface area (Å²) in [5.74, 6) is -1.44. The van der Waals surface area contributed by atoms with Gasteiger partial charge in [-0.15, -0.1) is 0 Å². The van der Waals surface area contributed by atoms with Crippen LogP contribution in [-0.2, 0) is 9.53 Å². The Morgan fingerprint density at radius 2 is 1.95 bits per heavy atom. The molecule has 0 aromatic heterocycles. The van der Waals surface area contributed by atoms with Gasteiger partial charge in [-0.2, -0.15) is 0 Å². The summed E-state index contributed by atoms with van der Waals surface area (Å²) in [7, 11) is 0. The number of thiocarbonyl (C=S) groups is 1. The first-order chi connectivity index (χ1) is 10.4. The van der Waals surface area contributed by atoms with Crippen LogP contribution in [-0.4, -0.2) is 28.8 Å². The molecule has 1 aliphatic heterocycles. The lowest BCUT2D eigenvalue weighted by molar-refractivity contribution is -0.139. The van der Waals surface area contributed by atoms with Crippen molar-refractivity contribution < 1.29 is 19.4 Å². The number of ether oxygens (including phenoxy) is 1. The minimum atomic E-state index is -1.00. The average Bonchev–Trinajstić information content (AvgIpc) is 2.46. The van der Waals surface area contributed by atoms with Crippen molar-refractivity contribution in [2.45, 2.75) is 19.9 Å². The molecule has 0 spiro atoms. The van der Waals surface area contributed by atoms with Gasteiger partial charge >= 0.3 is 11.9 Å². The standard InChI is InChI=1S/C15H16N2O4S/c1-3-21-14(20)11-8(2)16-15(22)17-12(11)9-4-6-10(7-5-9)13(18)19/h4-7,12H,3H2,1-2H3,(H,18,19)(H2,16,17,22). The van der Waals surface area contributed by atoms with Crippen LogP contribution in [0.4, 0.5) is 0 Å². The number of aromatic carboxylic acids is 1. The number of nitrogens with one attached hydrogen (secondary N) is 2. The Labute approximate surface area is 133 Å². The van der Waals surface area contributed by atoms with E-state index in [4.69, 9.17) is 22.1 Å². The summed E-state index contributed by atoms with van der Waals surface area (Å²) in [5, 5.41) is 15.3. The number of rotatable bonds is 4. The summed E-state index contributed by atoms with van der Waals surface area (Å²) in [6.07, 6.45) is 0. The highest BCUT2D eigenvalue weighted by Crippen LogP contribution is 2.27. The van der Waals surface area contributed by atoms with Crippen molar-refractivity contribution in [1.29, 1.82) is 0 Å². The molecule has 0 radical (unpaired) electrons. The van der Waals surface area contributed by atoms with Crippen molar-refractivity contribution in [2.24, 2.45) is 0 Å². The lowest BCUT2D eigenvalue weighted by Crippen LogP contribution is -2.45. The van der Waals surface area contributed by atoms with Crippen LogP contribution in [0.2, 0.25) is 0 Å².